The molecule has 1 spiro atoms. The average Bonchev–Trinajstić information content (AvgIpc) is 2.62. The molecule has 2 rings (SSSR count). The molecule has 0 aromatic heterocycles. The lowest BCUT2D eigenvalue weighted by Gasteiger charge is -2.43. The minimum absolute atomic E-state index is 0. The van der Waals surface area contributed by atoms with E-state index < -0.39 is 0 Å². The molecule has 1 saturated heterocycles. The smallest absolute Gasteiger partial charge is 0.223 e. The Labute approximate surface area is 123 Å². The Hall–Kier alpha value is -0.280. The highest BCUT2D eigenvalue weighted by atomic mass is 35.5. The minimum atomic E-state index is 0. The van der Waals surface area contributed by atoms with Gasteiger partial charge in [0.15, 0.2) is 0 Å². The zero-order chi connectivity index (χ0) is 12.8. The van der Waals surface area contributed by atoms with Crippen molar-refractivity contribution in [2.24, 2.45) is 5.41 Å². The summed E-state index contributed by atoms with van der Waals surface area (Å²) in [5.41, 5.74) is 0.476. The first-order valence-corrected chi connectivity index (χ1v) is 7.68. The molecule has 1 aliphatic heterocycles. The molecule has 1 heterocycles. The topological polar surface area (TPSA) is 32.3 Å². The largest absolute Gasteiger partial charge is 0.342 e. The molecule has 1 saturated carbocycles. The molecule has 19 heavy (non-hydrogen) atoms. The van der Waals surface area contributed by atoms with E-state index in [2.05, 4.69) is 10.2 Å². The Morgan fingerprint density at radius 3 is 2.37 bits per heavy atom. The molecule has 1 N–H and O–H groups in total. The van der Waals surface area contributed by atoms with Crippen LogP contribution in [0.2, 0.25) is 0 Å². The van der Waals surface area contributed by atoms with Crippen molar-refractivity contribution >= 4 is 18.3 Å². The van der Waals surface area contributed by atoms with Gasteiger partial charge in [0.05, 0.1) is 0 Å². The summed E-state index contributed by atoms with van der Waals surface area (Å²) in [5, 5.41) is 3.07. The summed E-state index contributed by atoms with van der Waals surface area (Å²) in [6.07, 6.45) is 11.5. The predicted octanol–water partition coefficient (Wildman–Crippen LogP) is 2.98. The van der Waals surface area contributed by atoms with Gasteiger partial charge in [-0.05, 0) is 38.1 Å². The third kappa shape index (κ3) is 4.64. The quantitative estimate of drug-likeness (QED) is 0.866. The van der Waals surface area contributed by atoms with E-state index in [0.717, 1.165) is 19.6 Å². The van der Waals surface area contributed by atoms with E-state index in [0.29, 0.717) is 17.7 Å². The lowest BCUT2D eigenvalue weighted by atomic mass is 9.74. The van der Waals surface area contributed by atoms with Gasteiger partial charge in [-0.15, -0.1) is 12.4 Å². The third-order valence-electron chi connectivity index (χ3n) is 4.77. The van der Waals surface area contributed by atoms with E-state index in [-0.39, 0.29) is 12.4 Å². The maximum atomic E-state index is 12.2. The van der Waals surface area contributed by atoms with Gasteiger partial charge in [0.1, 0.15) is 0 Å². The number of rotatable bonds is 3. The normalized spacial score (nSPS) is 22.7. The van der Waals surface area contributed by atoms with E-state index in [1.54, 1.807) is 0 Å². The number of nitrogens with zero attached hydrogens (tertiary/aromatic N) is 1. The lowest BCUT2D eigenvalue weighted by molar-refractivity contribution is -0.134. The first kappa shape index (κ1) is 16.8. The molecule has 2 aliphatic rings. The fourth-order valence-corrected chi connectivity index (χ4v) is 3.70. The molecule has 0 radical (unpaired) electrons. The molecule has 1 amide bonds. The molecule has 3 nitrogen and oxygen atoms in total. The number of carbonyl (C=O) groups excluding carboxylic acids is 1. The summed E-state index contributed by atoms with van der Waals surface area (Å²) in [5.74, 6) is 0.354. The number of hydrogen-bond acceptors (Lipinski definition) is 2. The zero-order valence-corrected chi connectivity index (χ0v) is 13.1. The van der Waals surface area contributed by atoms with Gasteiger partial charge < -0.3 is 10.2 Å². The van der Waals surface area contributed by atoms with Gasteiger partial charge in [0.25, 0.3) is 0 Å². The van der Waals surface area contributed by atoms with Crippen LogP contribution < -0.4 is 5.32 Å². The van der Waals surface area contributed by atoms with Crippen molar-refractivity contribution in [3.8, 4) is 0 Å². The van der Waals surface area contributed by atoms with Crippen LogP contribution in [-0.2, 0) is 4.79 Å². The third-order valence-corrected chi connectivity index (χ3v) is 4.77. The summed E-state index contributed by atoms with van der Waals surface area (Å²) < 4.78 is 0. The first-order valence-electron chi connectivity index (χ1n) is 7.68. The van der Waals surface area contributed by atoms with Gasteiger partial charge in [-0.1, -0.05) is 25.7 Å². The number of piperidine rings is 1. The fourth-order valence-electron chi connectivity index (χ4n) is 3.70. The van der Waals surface area contributed by atoms with Crippen LogP contribution >= 0.6 is 12.4 Å². The van der Waals surface area contributed by atoms with E-state index >= 15 is 0 Å². The number of hydrogen-bond donors (Lipinski definition) is 1. The molecular formula is C15H29ClN2O. The van der Waals surface area contributed by atoms with Crippen LogP contribution in [0.15, 0.2) is 0 Å². The predicted molar refractivity (Wildman–Crippen MR) is 81.7 cm³/mol. The summed E-state index contributed by atoms with van der Waals surface area (Å²) >= 11 is 0. The Morgan fingerprint density at radius 1 is 1.11 bits per heavy atom. The maximum absolute atomic E-state index is 12.2. The van der Waals surface area contributed by atoms with Crippen LogP contribution in [0.5, 0.6) is 0 Å². The Balaban J connectivity index is 0.00000180. The van der Waals surface area contributed by atoms with Crippen LogP contribution in [0, 0.1) is 5.41 Å². The second-order valence-electron chi connectivity index (χ2n) is 6.19. The molecule has 1 aliphatic carbocycles. The van der Waals surface area contributed by atoms with Crippen LogP contribution in [0.1, 0.15) is 57.8 Å². The molecule has 0 unspecified atom stereocenters. The van der Waals surface area contributed by atoms with Crippen molar-refractivity contribution in [2.75, 3.05) is 26.7 Å². The van der Waals surface area contributed by atoms with Crippen LogP contribution in [0.25, 0.3) is 0 Å². The number of carbonyl (C=O) groups is 1. The molecule has 4 heteroatoms. The van der Waals surface area contributed by atoms with E-state index in [4.69, 9.17) is 0 Å². The van der Waals surface area contributed by atoms with Gasteiger partial charge in [-0.3, -0.25) is 4.79 Å². The Morgan fingerprint density at radius 2 is 1.74 bits per heavy atom. The zero-order valence-electron chi connectivity index (χ0n) is 12.2. The van der Waals surface area contributed by atoms with Gasteiger partial charge in [0, 0.05) is 26.1 Å². The van der Waals surface area contributed by atoms with Crippen molar-refractivity contribution in [3.05, 3.63) is 0 Å². The van der Waals surface area contributed by atoms with Crippen molar-refractivity contribution in [1.82, 2.24) is 10.2 Å². The highest BCUT2D eigenvalue weighted by Gasteiger charge is 2.36. The van der Waals surface area contributed by atoms with Gasteiger partial charge in [-0.25, -0.2) is 0 Å². The standard InChI is InChI=1S/C15H28N2O.ClH/c1-16-11-7-14(18)17-12-6-10-15(13-17)8-4-2-3-5-9-15;/h16H,2-13H2,1H3;1H. The Kier molecular flexibility index (Phi) is 7.16. The molecule has 0 atom stereocenters. The maximum Gasteiger partial charge on any atom is 0.223 e. The highest BCUT2D eigenvalue weighted by Crippen LogP contribution is 2.42. The second kappa shape index (κ2) is 8.11. The molecule has 112 valence electrons. The number of halogens is 1. The molecular weight excluding hydrogens is 260 g/mol. The summed E-state index contributed by atoms with van der Waals surface area (Å²) in [7, 11) is 1.91. The highest BCUT2D eigenvalue weighted by molar-refractivity contribution is 5.85. The van der Waals surface area contributed by atoms with Crippen molar-refractivity contribution in [3.63, 3.8) is 0 Å². The fraction of sp³-hybridized carbons (Fsp3) is 0.933. The summed E-state index contributed by atoms with van der Waals surface area (Å²) in [4.78, 5) is 14.3. The minimum Gasteiger partial charge on any atom is -0.342 e. The van der Waals surface area contributed by atoms with Crippen molar-refractivity contribution in [2.45, 2.75) is 57.8 Å². The van der Waals surface area contributed by atoms with E-state index in [1.807, 2.05) is 7.05 Å². The van der Waals surface area contributed by atoms with Crippen molar-refractivity contribution < 1.29 is 4.79 Å². The molecule has 0 aromatic carbocycles. The van der Waals surface area contributed by atoms with Gasteiger partial charge >= 0.3 is 0 Å². The van der Waals surface area contributed by atoms with Crippen molar-refractivity contribution in [1.29, 1.82) is 0 Å². The van der Waals surface area contributed by atoms with Crippen LogP contribution in [0.4, 0.5) is 0 Å². The van der Waals surface area contributed by atoms with Gasteiger partial charge in [0.2, 0.25) is 5.91 Å². The second-order valence-corrected chi connectivity index (χ2v) is 6.19. The molecule has 0 bridgehead atoms. The number of amides is 1. The number of nitrogens with one attached hydrogen (secondary N) is 1. The summed E-state index contributed by atoms with van der Waals surface area (Å²) in [6.45, 7) is 2.84. The Bertz CT molecular complexity index is 275. The molecule has 0 aromatic rings. The SMILES string of the molecule is CNCCC(=O)N1CCCC2(CCCCCC2)C1.Cl. The summed E-state index contributed by atoms with van der Waals surface area (Å²) in [6, 6.07) is 0. The first-order chi connectivity index (χ1) is 8.76. The van der Waals surface area contributed by atoms with Gasteiger partial charge in [-0.2, -0.15) is 0 Å². The molecule has 2 fully saturated rings. The number of likely N-dealkylation sites (tertiary alicyclic amines) is 1. The monoisotopic (exact) mass is 288 g/mol. The lowest BCUT2D eigenvalue weighted by Crippen LogP contribution is -2.46. The van der Waals surface area contributed by atoms with E-state index in [9.17, 15) is 4.79 Å². The van der Waals surface area contributed by atoms with Crippen LogP contribution in [-0.4, -0.2) is 37.5 Å². The van der Waals surface area contributed by atoms with Crippen LogP contribution in [0.3, 0.4) is 0 Å². The average molecular weight is 289 g/mol. The van der Waals surface area contributed by atoms with E-state index in [1.165, 1.54) is 51.4 Å².